The number of hydrogen-bond acceptors (Lipinski definition) is 6. The molecule has 10 heteroatoms. The summed E-state index contributed by atoms with van der Waals surface area (Å²) in [6.45, 7) is 4.46. The highest BCUT2D eigenvalue weighted by molar-refractivity contribution is 6.39. The summed E-state index contributed by atoms with van der Waals surface area (Å²) in [7, 11) is 0. The Hall–Kier alpha value is -4.44. The van der Waals surface area contributed by atoms with E-state index in [1.807, 2.05) is 31.2 Å². The SMILES string of the molecule is CCOc1cccc(N2C(=O)NC(=O)/C(=C/c3cn(CC(=O)N4CCOCC4)c4ccccc34)C2=O)c1. The van der Waals surface area contributed by atoms with Crippen molar-refractivity contribution in [3.05, 3.63) is 65.9 Å². The van der Waals surface area contributed by atoms with Gasteiger partial charge in [-0.05, 0) is 31.2 Å². The standard InChI is InChI=1S/C27H26N4O6/c1-2-37-20-7-5-6-19(15-20)31-26(34)22(25(33)28-27(31)35)14-18-16-30(23-9-4-3-8-21(18)23)17-24(32)29-10-12-36-13-11-29/h3-9,14-16H,2,10-13,17H2,1H3,(H,28,33,35)/b22-14-. The zero-order valence-electron chi connectivity index (χ0n) is 20.3. The van der Waals surface area contributed by atoms with Crippen LogP contribution in [0.4, 0.5) is 10.5 Å². The number of carbonyl (C=O) groups excluding carboxylic acids is 4. The molecule has 5 amide bonds. The second-order valence-corrected chi connectivity index (χ2v) is 8.61. The van der Waals surface area contributed by atoms with E-state index in [0.29, 0.717) is 44.2 Å². The van der Waals surface area contributed by atoms with Gasteiger partial charge in [-0.15, -0.1) is 0 Å². The normalized spacial score (nSPS) is 17.4. The lowest BCUT2D eigenvalue weighted by atomic mass is 10.1. The van der Waals surface area contributed by atoms with Crippen molar-refractivity contribution in [1.82, 2.24) is 14.8 Å². The number of rotatable bonds is 6. The first-order valence-corrected chi connectivity index (χ1v) is 12.0. The van der Waals surface area contributed by atoms with Gasteiger partial charge >= 0.3 is 6.03 Å². The van der Waals surface area contributed by atoms with Crippen LogP contribution >= 0.6 is 0 Å². The molecule has 1 aromatic heterocycles. The maximum Gasteiger partial charge on any atom is 0.335 e. The Bertz CT molecular complexity index is 1420. The third-order valence-corrected chi connectivity index (χ3v) is 6.28. The molecule has 2 saturated heterocycles. The molecular weight excluding hydrogens is 476 g/mol. The zero-order valence-corrected chi connectivity index (χ0v) is 20.3. The zero-order chi connectivity index (χ0) is 25.9. The fraction of sp³-hybridized carbons (Fsp3) is 0.259. The number of morpholine rings is 1. The van der Waals surface area contributed by atoms with Gasteiger partial charge in [-0.2, -0.15) is 0 Å². The Labute approximate surface area is 213 Å². The van der Waals surface area contributed by atoms with E-state index in [9.17, 15) is 19.2 Å². The summed E-state index contributed by atoms with van der Waals surface area (Å²) in [5.41, 5.74) is 1.47. The van der Waals surface area contributed by atoms with Gasteiger partial charge in [0.1, 0.15) is 17.9 Å². The Kier molecular flexibility index (Phi) is 6.74. The predicted octanol–water partition coefficient (Wildman–Crippen LogP) is 2.57. The molecule has 37 heavy (non-hydrogen) atoms. The Morgan fingerprint density at radius 3 is 2.65 bits per heavy atom. The minimum absolute atomic E-state index is 0.0410. The number of ether oxygens (including phenoxy) is 2. The van der Waals surface area contributed by atoms with E-state index in [-0.39, 0.29) is 23.7 Å². The van der Waals surface area contributed by atoms with E-state index in [2.05, 4.69) is 5.32 Å². The van der Waals surface area contributed by atoms with Crippen molar-refractivity contribution in [3.8, 4) is 5.75 Å². The Morgan fingerprint density at radius 1 is 1.08 bits per heavy atom. The highest BCUT2D eigenvalue weighted by atomic mass is 16.5. The van der Waals surface area contributed by atoms with E-state index in [4.69, 9.17) is 9.47 Å². The number of amides is 5. The fourth-order valence-corrected chi connectivity index (χ4v) is 4.51. The van der Waals surface area contributed by atoms with Crippen molar-refractivity contribution in [1.29, 1.82) is 0 Å². The topological polar surface area (TPSA) is 110 Å². The first-order chi connectivity index (χ1) is 18.0. The molecular formula is C27H26N4O6. The molecule has 2 aliphatic heterocycles. The summed E-state index contributed by atoms with van der Waals surface area (Å²) in [4.78, 5) is 54.3. The number of urea groups is 1. The molecule has 0 saturated carbocycles. The minimum Gasteiger partial charge on any atom is -0.494 e. The van der Waals surface area contributed by atoms with E-state index in [0.717, 1.165) is 15.8 Å². The molecule has 2 fully saturated rings. The van der Waals surface area contributed by atoms with Crippen LogP contribution in [0.1, 0.15) is 12.5 Å². The van der Waals surface area contributed by atoms with Crippen LogP contribution in [0.3, 0.4) is 0 Å². The molecule has 190 valence electrons. The quantitative estimate of drug-likeness (QED) is 0.410. The molecule has 10 nitrogen and oxygen atoms in total. The lowest BCUT2D eigenvalue weighted by Crippen LogP contribution is -2.54. The number of para-hydroxylation sites is 1. The molecule has 0 spiro atoms. The summed E-state index contributed by atoms with van der Waals surface area (Å²) in [6.07, 6.45) is 3.20. The number of barbiturate groups is 1. The van der Waals surface area contributed by atoms with E-state index in [1.54, 1.807) is 39.9 Å². The van der Waals surface area contributed by atoms with Crippen molar-refractivity contribution in [2.45, 2.75) is 13.5 Å². The van der Waals surface area contributed by atoms with Crippen molar-refractivity contribution < 1.29 is 28.7 Å². The van der Waals surface area contributed by atoms with Crippen molar-refractivity contribution in [2.75, 3.05) is 37.8 Å². The molecule has 3 heterocycles. The summed E-state index contributed by atoms with van der Waals surface area (Å²) in [5, 5.41) is 3.02. The first-order valence-electron chi connectivity index (χ1n) is 12.0. The number of aromatic nitrogens is 1. The van der Waals surface area contributed by atoms with Crippen LogP contribution in [0.25, 0.3) is 17.0 Å². The Balaban J connectivity index is 1.49. The highest BCUT2D eigenvalue weighted by Crippen LogP contribution is 2.28. The number of carbonyl (C=O) groups is 4. The number of nitrogens with one attached hydrogen (secondary N) is 1. The largest absolute Gasteiger partial charge is 0.494 e. The third-order valence-electron chi connectivity index (χ3n) is 6.28. The monoisotopic (exact) mass is 502 g/mol. The van der Waals surface area contributed by atoms with Gasteiger partial charge in [0.05, 0.1) is 25.5 Å². The molecule has 1 N–H and O–H groups in total. The Morgan fingerprint density at radius 2 is 1.86 bits per heavy atom. The summed E-state index contributed by atoms with van der Waals surface area (Å²) < 4.78 is 12.6. The van der Waals surface area contributed by atoms with Crippen LogP contribution in [0, 0.1) is 0 Å². The summed E-state index contributed by atoms with van der Waals surface area (Å²) >= 11 is 0. The molecule has 0 atom stereocenters. The molecule has 0 unspecified atom stereocenters. The molecule has 5 rings (SSSR count). The van der Waals surface area contributed by atoms with Crippen LogP contribution in [0.5, 0.6) is 5.75 Å². The van der Waals surface area contributed by atoms with Crippen LogP contribution in [0.2, 0.25) is 0 Å². The number of hydrogen-bond donors (Lipinski definition) is 1. The maximum atomic E-state index is 13.4. The second-order valence-electron chi connectivity index (χ2n) is 8.61. The minimum atomic E-state index is -0.834. The van der Waals surface area contributed by atoms with E-state index in [1.165, 1.54) is 6.08 Å². The van der Waals surface area contributed by atoms with Gasteiger partial charge in [-0.25, -0.2) is 9.69 Å². The number of benzene rings is 2. The van der Waals surface area contributed by atoms with Gasteiger partial charge in [0, 0.05) is 41.8 Å². The number of imide groups is 2. The molecule has 0 aliphatic carbocycles. The van der Waals surface area contributed by atoms with Crippen molar-refractivity contribution in [3.63, 3.8) is 0 Å². The average molecular weight is 503 g/mol. The van der Waals surface area contributed by atoms with E-state index < -0.39 is 17.8 Å². The summed E-state index contributed by atoms with van der Waals surface area (Å²) in [6, 6.07) is 13.1. The van der Waals surface area contributed by atoms with Crippen molar-refractivity contribution >= 4 is 46.4 Å². The number of nitrogens with zero attached hydrogens (tertiary/aromatic N) is 3. The van der Waals surface area contributed by atoms with Crippen LogP contribution in [-0.2, 0) is 25.7 Å². The number of fused-ring (bicyclic) bond motifs is 1. The van der Waals surface area contributed by atoms with Gasteiger partial charge in [0.25, 0.3) is 11.8 Å². The average Bonchev–Trinajstić information content (AvgIpc) is 3.24. The first kappa shape index (κ1) is 24.3. The van der Waals surface area contributed by atoms with Gasteiger partial charge in [0.15, 0.2) is 0 Å². The number of anilines is 1. The lowest BCUT2D eigenvalue weighted by molar-refractivity contribution is -0.135. The molecule has 2 aliphatic rings. The fourth-order valence-electron chi connectivity index (χ4n) is 4.51. The van der Waals surface area contributed by atoms with Gasteiger partial charge < -0.3 is 18.9 Å². The molecule has 0 radical (unpaired) electrons. The van der Waals surface area contributed by atoms with Crippen LogP contribution < -0.4 is 15.0 Å². The molecule has 3 aromatic rings. The smallest absolute Gasteiger partial charge is 0.335 e. The van der Waals surface area contributed by atoms with Gasteiger partial charge in [0.2, 0.25) is 5.91 Å². The van der Waals surface area contributed by atoms with E-state index >= 15 is 0 Å². The van der Waals surface area contributed by atoms with Crippen LogP contribution in [-0.4, -0.2) is 66.1 Å². The van der Waals surface area contributed by atoms with Crippen molar-refractivity contribution in [2.24, 2.45) is 0 Å². The second kappa shape index (κ2) is 10.3. The third kappa shape index (κ3) is 4.83. The highest BCUT2D eigenvalue weighted by Gasteiger charge is 2.37. The maximum absolute atomic E-state index is 13.4. The summed E-state index contributed by atoms with van der Waals surface area (Å²) in [5.74, 6) is -1.08. The van der Waals surface area contributed by atoms with Gasteiger partial charge in [-0.1, -0.05) is 24.3 Å². The van der Waals surface area contributed by atoms with Gasteiger partial charge in [-0.3, -0.25) is 19.7 Å². The lowest BCUT2D eigenvalue weighted by Gasteiger charge is -2.27. The molecule has 0 bridgehead atoms. The van der Waals surface area contributed by atoms with Crippen LogP contribution in [0.15, 0.2) is 60.3 Å². The molecule has 2 aromatic carbocycles. The predicted molar refractivity (Wildman–Crippen MR) is 136 cm³/mol.